The highest BCUT2D eigenvalue weighted by atomic mass is 35.5. The second-order valence-corrected chi connectivity index (χ2v) is 16.8. The molecule has 5 aromatic rings. The molecule has 6 rings (SSSR count). The Morgan fingerprint density at radius 1 is 1.00 bits per heavy atom. The van der Waals surface area contributed by atoms with Gasteiger partial charge in [-0.3, -0.25) is 9.35 Å². The molecule has 4 aromatic carbocycles. The smallest absolute Gasteiger partial charge is 0.264 e. The summed E-state index contributed by atoms with van der Waals surface area (Å²) in [4.78, 5) is 17.4. The van der Waals surface area contributed by atoms with E-state index in [0.29, 0.717) is 47.6 Å². The van der Waals surface area contributed by atoms with Crippen LogP contribution in [-0.2, 0) is 21.6 Å². The fraction of sp³-hybridized carbons (Fsp3) is 0.268. The van der Waals surface area contributed by atoms with Crippen molar-refractivity contribution in [1.82, 2.24) is 5.32 Å². The van der Waals surface area contributed by atoms with Crippen molar-refractivity contribution in [3.63, 3.8) is 0 Å². The summed E-state index contributed by atoms with van der Waals surface area (Å²) in [6.45, 7) is 7.35. The van der Waals surface area contributed by atoms with Crippen LogP contribution in [0.4, 0.5) is 11.4 Å². The number of carbonyl (C=O) groups is 1. The third kappa shape index (κ3) is 9.82. The molecular weight excluding hydrogens is 764 g/mol. The third-order valence-corrected chi connectivity index (χ3v) is 11.5. The summed E-state index contributed by atoms with van der Waals surface area (Å²) in [7, 11) is -4.13. The lowest BCUT2D eigenvalue weighted by atomic mass is 10.0. The number of hydrogen-bond donors (Lipinski definition) is 2. The van der Waals surface area contributed by atoms with Crippen molar-refractivity contribution < 1.29 is 27.1 Å². The first-order valence-corrected chi connectivity index (χ1v) is 21.0. The SMILES string of the molecule is CCC(/C=C1\Oc2ccc(-c3ccccc3)cc2N1CCCS(=O)(=O)O)=C\c1sc2ccc(Cl)cc2[n+]1CNC(=O)CCN(c1ccc(Cl)cc1)C(C)C. The second kappa shape index (κ2) is 17.4. The number of benzene rings is 4. The van der Waals surface area contributed by atoms with Crippen LogP contribution in [0.5, 0.6) is 5.75 Å². The van der Waals surface area contributed by atoms with Crippen molar-refractivity contribution >= 4 is 78.2 Å². The van der Waals surface area contributed by atoms with Gasteiger partial charge in [-0.2, -0.15) is 13.0 Å². The predicted molar refractivity (Wildman–Crippen MR) is 221 cm³/mol. The predicted octanol–water partition coefficient (Wildman–Crippen LogP) is 9.35. The first kappa shape index (κ1) is 39.3. The van der Waals surface area contributed by atoms with Gasteiger partial charge in [-0.05, 0) is 91.9 Å². The Balaban J connectivity index is 1.27. The number of hydrogen-bond acceptors (Lipinski definition) is 7. The highest BCUT2D eigenvalue weighted by Gasteiger charge is 2.28. The van der Waals surface area contributed by atoms with E-state index in [4.69, 9.17) is 27.9 Å². The van der Waals surface area contributed by atoms with Gasteiger partial charge in [0.05, 0.1) is 11.4 Å². The Hall–Kier alpha value is -4.39. The van der Waals surface area contributed by atoms with Gasteiger partial charge in [-0.25, -0.2) is 0 Å². The summed E-state index contributed by atoms with van der Waals surface area (Å²) >= 11 is 14.2. The third-order valence-electron chi connectivity index (χ3n) is 9.14. The molecule has 0 fully saturated rings. The molecule has 0 radical (unpaired) electrons. The van der Waals surface area contributed by atoms with Gasteiger partial charge in [-0.1, -0.05) is 77.9 Å². The molecule has 0 bridgehead atoms. The van der Waals surface area contributed by atoms with E-state index in [9.17, 15) is 17.8 Å². The number of rotatable bonds is 15. The number of aromatic nitrogens is 1. The van der Waals surface area contributed by atoms with E-state index in [1.807, 2.05) is 102 Å². The lowest BCUT2D eigenvalue weighted by molar-refractivity contribution is -0.672. The van der Waals surface area contributed by atoms with E-state index in [1.165, 1.54) is 0 Å². The molecule has 0 unspecified atom stereocenters. The topological polar surface area (TPSA) is 103 Å². The highest BCUT2D eigenvalue weighted by Crippen LogP contribution is 2.42. The molecule has 2 N–H and O–H groups in total. The monoisotopic (exact) mass is 805 g/mol. The van der Waals surface area contributed by atoms with Crippen LogP contribution in [0, 0.1) is 0 Å². The van der Waals surface area contributed by atoms with Crippen LogP contribution in [-0.4, -0.2) is 43.8 Å². The van der Waals surface area contributed by atoms with Crippen molar-refractivity contribution in [1.29, 1.82) is 0 Å². The summed E-state index contributed by atoms with van der Waals surface area (Å²) in [5.41, 5.74) is 5.72. The molecule has 2 heterocycles. The molecular formula is C41H43Cl2N4O5S2+. The van der Waals surface area contributed by atoms with E-state index in [0.717, 1.165) is 43.3 Å². The molecule has 1 aliphatic rings. The summed E-state index contributed by atoms with van der Waals surface area (Å²) in [5.74, 6) is 0.764. The number of anilines is 2. The summed E-state index contributed by atoms with van der Waals surface area (Å²) in [5, 5.41) is 5.29. The lowest BCUT2D eigenvalue weighted by Gasteiger charge is -2.28. The highest BCUT2D eigenvalue weighted by molar-refractivity contribution is 7.85. The molecule has 1 aliphatic heterocycles. The fourth-order valence-corrected chi connectivity index (χ4v) is 8.26. The molecule has 13 heteroatoms. The first-order chi connectivity index (χ1) is 25.9. The summed E-state index contributed by atoms with van der Waals surface area (Å²) in [6.07, 6.45) is 5.21. The van der Waals surface area contributed by atoms with Crippen molar-refractivity contribution in [3.8, 4) is 16.9 Å². The Kier molecular flexibility index (Phi) is 12.7. The number of thiazole rings is 1. The maximum absolute atomic E-state index is 13.3. The Morgan fingerprint density at radius 2 is 1.74 bits per heavy atom. The van der Waals surface area contributed by atoms with Gasteiger partial charge < -0.3 is 19.9 Å². The molecule has 0 atom stereocenters. The summed E-state index contributed by atoms with van der Waals surface area (Å²) in [6, 6.07) is 29.5. The second-order valence-electron chi connectivity index (χ2n) is 13.2. The number of amides is 1. The van der Waals surface area contributed by atoms with Crippen LogP contribution in [0.25, 0.3) is 27.4 Å². The minimum Gasteiger partial charge on any atom is -0.439 e. The Bertz CT molecular complexity index is 2290. The zero-order valence-electron chi connectivity index (χ0n) is 30.3. The molecule has 282 valence electrons. The number of carbonyl (C=O) groups excluding carboxylic acids is 1. The van der Waals surface area contributed by atoms with Crippen LogP contribution < -0.4 is 24.4 Å². The van der Waals surface area contributed by atoms with Crippen LogP contribution in [0.1, 0.15) is 45.0 Å². The number of nitrogens with zero attached hydrogens (tertiary/aromatic N) is 3. The minimum absolute atomic E-state index is 0.0798. The zero-order valence-corrected chi connectivity index (χ0v) is 33.5. The van der Waals surface area contributed by atoms with Gasteiger partial charge >= 0.3 is 0 Å². The van der Waals surface area contributed by atoms with Gasteiger partial charge in [0.1, 0.15) is 4.70 Å². The Morgan fingerprint density at radius 3 is 2.44 bits per heavy atom. The average Bonchev–Trinajstić information content (AvgIpc) is 3.66. The van der Waals surface area contributed by atoms with Gasteiger partial charge in [0, 0.05) is 59.5 Å². The quantitative estimate of drug-likeness (QED) is 0.0803. The Labute approximate surface area is 330 Å². The average molecular weight is 807 g/mol. The molecule has 0 saturated carbocycles. The minimum atomic E-state index is -4.13. The molecule has 0 saturated heterocycles. The summed E-state index contributed by atoms with van der Waals surface area (Å²) < 4.78 is 42.2. The van der Waals surface area contributed by atoms with E-state index in [2.05, 4.69) is 41.6 Å². The lowest BCUT2D eigenvalue weighted by Crippen LogP contribution is -2.45. The molecule has 0 spiro atoms. The molecule has 9 nitrogen and oxygen atoms in total. The van der Waals surface area contributed by atoms with Gasteiger partial charge in [0.25, 0.3) is 15.1 Å². The van der Waals surface area contributed by atoms with Crippen LogP contribution >= 0.6 is 34.5 Å². The van der Waals surface area contributed by atoms with E-state index in [-0.39, 0.29) is 30.8 Å². The number of nitrogens with one attached hydrogen (secondary N) is 1. The van der Waals surface area contributed by atoms with Crippen molar-refractivity contribution in [2.75, 3.05) is 28.6 Å². The molecule has 54 heavy (non-hydrogen) atoms. The molecule has 0 aliphatic carbocycles. The normalized spacial score (nSPS) is 13.8. The number of fused-ring (bicyclic) bond motifs is 2. The number of allylic oxidation sites excluding steroid dienone is 2. The molecule has 1 aromatic heterocycles. The van der Waals surface area contributed by atoms with E-state index in [1.54, 1.807) is 11.3 Å². The van der Waals surface area contributed by atoms with E-state index < -0.39 is 10.1 Å². The van der Waals surface area contributed by atoms with Gasteiger partial charge in [0.2, 0.25) is 24.0 Å². The van der Waals surface area contributed by atoms with Crippen LogP contribution in [0.2, 0.25) is 10.0 Å². The van der Waals surface area contributed by atoms with Gasteiger partial charge in [0.15, 0.2) is 5.75 Å². The maximum Gasteiger partial charge on any atom is 0.264 e. The maximum atomic E-state index is 13.3. The first-order valence-electron chi connectivity index (χ1n) is 17.8. The standard InChI is InChI=1S/C41H42Cl2N4O5S2/c1-4-29(23-40-46(20-8-22-54(49,50)51)35-25-31(11-17-37(35)52-40)30-9-6-5-7-10-30)24-41-47(36-26-33(43)14-18-38(36)53-41)27-44-39(48)19-21-45(28(2)3)34-15-12-32(42)13-16-34/h5-7,9-18,23-26,28H,4,8,19-22,27H2,1-3H3,(H-,44,48,49,50,51)/p+1. The largest absolute Gasteiger partial charge is 0.439 e. The van der Waals surface area contributed by atoms with Crippen molar-refractivity contribution in [3.05, 3.63) is 124 Å². The number of ether oxygens (including phenoxy) is 1. The fourth-order valence-electron chi connectivity index (χ4n) is 6.36. The van der Waals surface area contributed by atoms with Crippen molar-refractivity contribution in [2.45, 2.75) is 52.7 Å². The van der Waals surface area contributed by atoms with E-state index >= 15 is 0 Å². The van der Waals surface area contributed by atoms with Crippen molar-refractivity contribution in [2.24, 2.45) is 0 Å². The number of halogens is 2. The molecule has 1 amide bonds. The van der Waals surface area contributed by atoms with Gasteiger partial charge in [-0.15, -0.1) is 0 Å². The van der Waals surface area contributed by atoms with Crippen LogP contribution in [0.15, 0.2) is 109 Å². The zero-order chi connectivity index (χ0) is 38.4. The van der Waals surface area contributed by atoms with Crippen LogP contribution in [0.3, 0.4) is 0 Å².